The molecule has 7 N–H and O–H groups in total. The minimum atomic E-state index is -0.0888. The standard InChI is InChI=1S/C32H54N6O/c1-26(34-5)17-15-22-36-32(39)25-37-29(4)31(24-30-18-12-10-13-19-30)38-28(3)20-23-35-27(2)16-11-8-6-7-9-14-21-33/h10,12-13,18-19,31,34-35,37-38H,1-4,6-9,11,14-17,20-25,33H2,5H3,(H,36,39). The number of carbonyl (C=O) groups is 1. The molecule has 7 heteroatoms. The van der Waals surface area contributed by atoms with E-state index in [1.54, 1.807) is 0 Å². The van der Waals surface area contributed by atoms with E-state index < -0.39 is 0 Å². The van der Waals surface area contributed by atoms with E-state index in [0.717, 1.165) is 80.8 Å². The number of nitrogens with one attached hydrogen (secondary N) is 5. The van der Waals surface area contributed by atoms with Crippen LogP contribution in [0, 0.1) is 0 Å². The second-order valence-corrected chi connectivity index (χ2v) is 10.1. The summed E-state index contributed by atoms with van der Waals surface area (Å²) >= 11 is 0. The van der Waals surface area contributed by atoms with Crippen molar-refractivity contribution in [1.82, 2.24) is 26.6 Å². The summed E-state index contributed by atoms with van der Waals surface area (Å²) < 4.78 is 0. The lowest BCUT2D eigenvalue weighted by Crippen LogP contribution is -2.41. The Balaban J connectivity index is 2.42. The van der Waals surface area contributed by atoms with Crippen LogP contribution in [0.25, 0.3) is 0 Å². The molecule has 39 heavy (non-hydrogen) atoms. The maximum atomic E-state index is 12.3. The third-order valence-corrected chi connectivity index (χ3v) is 6.62. The van der Waals surface area contributed by atoms with Crippen LogP contribution in [0.15, 0.2) is 79.4 Å². The highest BCUT2D eigenvalue weighted by atomic mass is 16.1. The quantitative estimate of drug-likeness (QED) is 0.102. The normalized spacial score (nSPS) is 11.2. The van der Waals surface area contributed by atoms with E-state index in [2.05, 4.69) is 65.0 Å². The van der Waals surface area contributed by atoms with Gasteiger partial charge >= 0.3 is 0 Å². The summed E-state index contributed by atoms with van der Waals surface area (Å²) in [4.78, 5) is 12.3. The highest BCUT2D eigenvalue weighted by molar-refractivity contribution is 5.78. The SMILES string of the molecule is C=C(CCCNC(=O)CNC(=C)C(Cc1ccccc1)NC(=C)CCNC(=C)CCCCCCCCN)NC. The Kier molecular flexibility index (Phi) is 18.8. The third kappa shape index (κ3) is 17.9. The van der Waals surface area contributed by atoms with Crippen LogP contribution >= 0.6 is 0 Å². The second kappa shape index (κ2) is 21.7. The maximum Gasteiger partial charge on any atom is 0.239 e. The number of nitrogens with two attached hydrogens (primary N) is 1. The Morgan fingerprint density at radius 3 is 2.13 bits per heavy atom. The fourth-order valence-electron chi connectivity index (χ4n) is 4.13. The lowest BCUT2D eigenvalue weighted by atomic mass is 10.0. The van der Waals surface area contributed by atoms with Gasteiger partial charge in [0.1, 0.15) is 0 Å². The minimum Gasteiger partial charge on any atom is -0.392 e. The van der Waals surface area contributed by atoms with Gasteiger partial charge in [-0.2, -0.15) is 0 Å². The first kappa shape index (κ1) is 33.8. The molecule has 7 nitrogen and oxygen atoms in total. The fraction of sp³-hybridized carbons (Fsp3) is 0.531. The van der Waals surface area contributed by atoms with Crippen molar-refractivity contribution in [3.8, 4) is 0 Å². The monoisotopic (exact) mass is 538 g/mol. The van der Waals surface area contributed by atoms with Gasteiger partial charge in [0.25, 0.3) is 0 Å². The molecule has 0 aromatic heterocycles. The molecule has 1 unspecified atom stereocenters. The average molecular weight is 539 g/mol. The predicted molar refractivity (Wildman–Crippen MR) is 167 cm³/mol. The molecule has 0 radical (unpaired) electrons. The predicted octanol–water partition coefficient (Wildman–Crippen LogP) is 4.62. The first-order valence-electron chi connectivity index (χ1n) is 14.5. The van der Waals surface area contributed by atoms with Gasteiger partial charge in [0, 0.05) is 49.3 Å². The Morgan fingerprint density at radius 1 is 0.769 bits per heavy atom. The van der Waals surface area contributed by atoms with E-state index in [4.69, 9.17) is 5.73 Å². The van der Waals surface area contributed by atoms with Gasteiger partial charge < -0.3 is 32.3 Å². The summed E-state index contributed by atoms with van der Waals surface area (Å²) in [6, 6.07) is 10.2. The van der Waals surface area contributed by atoms with Crippen molar-refractivity contribution < 1.29 is 4.79 Å². The molecule has 0 aliphatic heterocycles. The summed E-state index contributed by atoms with van der Waals surface area (Å²) in [5, 5.41) is 16.1. The van der Waals surface area contributed by atoms with Crippen LogP contribution in [0.4, 0.5) is 0 Å². The number of allylic oxidation sites excluding steroid dienone is 2. The molecule has 0 saturated carbocycles. The average Bonchev–Trinajstić information content (AvgIpc) is 2.93. The third-order valence-electron chi connectivity index (χ3n) is 6.62. The molecule has 0 aliphatic carbocycles. The molecule has 1 aromatic rings. The molecule has 1 rings (SSSR count). The maximum absolute atomic E-state index is 12.3. The Bertz CT molecular complexity index is 867. The van der Waals surface area contributed by atoms with Gasteiger partial charge in [-0.05, 0) is 50.6 Å². The number of carbonyl (C=O) groups excluding carboxylic acids is 1. The molecule has 0 spiro atoms. The van der Waals surface area contributed by atoms with Crippen LogP contribution in [-0.4, -0.2) is 45.2 Å². The lowest BCUT2D eigenvalue weighted by molar-refractivity contribution is -0.120. The summed E-state index contributed by atoms with van der Waals surface area (Å²) in [6.07, 6.45) is 11.5. The van der Waals surface area contributed by atoms with Crippen LogP contribution < -0.4 is 32.3 Å². The topological polar surface area (TPSA) is 103 Å². The zero-order valence-electron chi connectivity index (χ0n) is 24.4. The van der Waals surface area contributed by atoms with Crippen LogP contribution in [0.5, 0.6) is 0 Å². The summed E-state index contributed by atoms with van der Waals surface area (Å²) in [7, 11) is 1.85. The number of hydrogen-bond donors (Lipinski definition) is 6. The Hall–Kier alpha value is -3.19. The van der Waals surface area contributed by atoms with Crippen LogP contribution in [0.1, 0.15) is 69.8 Å². The number of unbranched alkanes of at least 4 members (excludes halogenated alkanes) is 5. The van der Waals surface area contributed by atoms with Crippen molar-refractivity contribution in [1.29, 1.82) is 0 Å². The number of hydrogen-bond acceptors (Lipinski definition) is 6. The molecule has 0 fully saturated rings. The molecule has 1 aromatic carbocycles. The second-order valence-electron chi connectivity index (χ2n) is 10.1. The van der Waals surface area contributed by atoms with Crippen molar-refractivity contribution in [3.05, 3.63) is 85.0 Å². The van der Waals surface area contributed by atoms with Gasteiger partial charge in [-0.1, -0.05) is 82.3 Å². The molecule has 218 valence electrons. The molecular formula is C32H54N6O. The molecular weight excluding hydrogens is 484 g/mol. The first-order chi connectivity index (χ1) is 18.8. The van der Waals surface area contributed by atoms with E-state index in [9.17, 15) is 4.79 Å². The van der Waals surface area contributed by atoms with E-state index in [1.807, 2.05) is 25.2 Å². The van der Waals surface area contributed by atoms with Crippen molar-refractivity contribution in [2.75, 3.05) is 33.2 Å². The molecule has 0 heterocycles. The fourth-order valence-corrected chi connectivity index (χ4v) is 4.13. The summed E-state index contributed by atoms with van der Waals surface area (Å²) in [5.74, 6) is -0.0539. The van der Waals surface area contributed by atoms with Gasteiger partial charge in [0.2, 0.25) is 5.91 Å². The van der Waals surface area contributed by atoms with E-state index >= 15 is 0 Å². The highest BCUT2D eigenvalue weighted by Gasteiger charge is 2.15. The molecule has 1 atom stereocenters. The number of benzene rings is 1. The lowest BCUT2D eigenvalue weighted by Gasteiger charge is -2.25. The van der Waals surface area contributed by atoms with Gasteiger partial charge in [-0.25, -0.2) is 0 Å². The minimum absolute atomic E-state index is 0.0539. The number of rotatable bonds is 25. The van der Waals surface area contributed by atoms with Gasteiger partial charge in [0.05, 0.1) is 12.6 Å². The van der Waals surface area contributed by atoms with Crippen LogP contribution in [-0.2, 0) is 11.2 Å². The van der Waals surface area contributed by atoms with Crippen LogP contribution in [0.2, 0.25) is 0 Å². The largest absolute Gasteiger partial charge is 0.392 e. The van der Waals surface area contributed by atoms with Crippen LogP contribution in [0.3, 0.4) is 0 Å². The van der Waals surface area contributed by atoms with Gasteiger partial charge in [0.15, 0.2) is 0 Å². The van der Waals surface area contributed by atoms with Crippen molar-refractivity contribution in [2.24, 2.45) is 5.73 Å². The highest BCUT2D eigenvalue weighted by Crippen LogP contribution is 2.12. The Morgan fingerprint density at radius 2 is 1.44 bits per heavy atom. The van der Waals surface area contributed by atoms with Gasteiger partial charge in [-0.15, -0.1) is 0 Å². The van der Waals surface area contributed by atoms with Crippen molar-refractivity contribution >= 4 is 5.91 Å². The van der Waals surface area contributed by atoms with E-state index in [-0.39, 0.29) is 18.5 Å². The summed E-state index contributed by atoms with van der Waals surface area (Å²) in [5.41, 5.74) is 10.5. The van der Waals surface area contributed by atoms with Gasteiger partial charge in [-0.3, -0.25) is 4.79 Å². The van der Waals surface area contributed by atoms with E-state index in [0.29, 0.717) is 6.54 Å². The summed E-state index contributed by atoms with van der Waals surface area (Å²) in [6.45, 7) is 18.9. The number of amides is 1. The molecule has 0 bridgehead atoms. The zero-order chi connectivity index (χ0) is 28.7. The van der Waals surface area contributed by atoms with Crippen molar-refractivity contribution in [3.63, 3.8) is 0 Å². The molecule has 1 amide bonds. The Labute approximate surface area is 237 Å². The zero-order valence-corrected chi connectivity index (χ0v) is 24.4. The van der Waals surface area contributed by atoms with E-state index in [1.165, 1.54) is 31.2 Å². The first-order valence-corrected chi connectivity index (χ1v) is 14.5. The smallest absolute Gasteiger partial charge is 0.239 e. The molecule has 0 saturated heterocycles. The van der Waals surface area contributed by atoms with Crippen molar-refractivity contribution in [2.45, 2.75) is 76.7 Å². The molecule has 0 aliphatic rings.